The zero-order valence-corrected chi connectivity index (χ0v) is 25.3. The summed E-state index contributed by atoms with van der Waals surface area (Å²) in [7, 11) is 3.19. The number of nitrogens with zero attached hydrogens (tertiary/aromatic N) is 1. The van der Waals surface area contributed by atoms with Gasteiger partial charge in [0.1, 0.15) is 30.8 Å². The maximum absolute atomic E-state index is 11.4. The maximum atomic E-state index is 11.4. The van der Waals surface area contributed by atoms with Crippen LogP contribution in [0.15, 0.2) is 83.3 Å². The Hall–Kier alpha value is -4.56. The van der Waals surface area contributed by atoms with Gasteiger partial charge in [-0.05, 0) is 63.0 Å². The van der Waals surface area contributed by atoms with E-state index in [1.807, 2.05) is 42.5 Å². The van der Waals surface area contributed by atoms with E-state index in [2.05, 4.69) is 27.3 Å². The lowest BCUT2D eigenvalue weighted by atomic mass is 10.0. The number of methoxy groups -OCH3 is 2. The molecule has 0 saturated heterocycles. The first-order chi connectivity index (χ1) is 20.9. The molecule has 0 aliphatic carbocycles. The first-order valence-electron chi connectivity index (χ1n) is 13.3. The van der Waals surface area contributed by atoms with Crippen molar-refractivity contribution >= 4 is 21.9 Å². The van der Waals surface area contributed by atoms with Gasteiger partial charge in [0, 0.05) is 28.2 Å². The predicted molar refractivity (Wildman–Crippen MR) is 164 cm³/mol. The number of carboxylic acid groups (broad SMARTS) is 1. The van der Waals surface area contributed by atoms with Crippen LogP contribution in [-0.2, 0) is 24.6 Å². The zero-order valence-electron chi connectivity index (χ0n) is 23.7. The van der Waals surface area contributed by atoms with Crippen molar-refractivity contribution in [2.75, 3.05) is 20.8 Å². The van der Waals surface area contributed by atoms with Crippen LogP contribution in [0.4, 0.5) is 0 Å². The lowest BCUT2D eigenvalue weighted by molar-refractivity contribution is -0.140. The molecule has 3 N–H and O–H groups in total. The highest BCUT2D eigenvalue weighted by molar-refractivity contribution is 9.10. The SMILES string of the molecule is COc1ccc(-c2cccc(COc3ccc(CNC(CO)C(=O)O)c(OCc4cccc(C#N)c4)c3)c2Br)cc1OC. The molecular weight excluding hydrogens is 616 g/mol. The molecule has 0 aliphatic rings. The number of carbonyl (C=O) groups is 1. The van der Waals surface area contributed by atoms with E-state index in [4.69, 9.17) is 18.9 Å². The Bertz CT molecular complexity index is 1620. The Kier molecular flexibility index (Phi) is 11.0. The van der Waals surface area contributed by atoms with E-state index < -0.39 is 18.6 Å². The molecular formula is C33H31BrN2O7. The third-order valence-electron chi connectivity index (χ3n) is 6.68. The number of hydrogen-bond donors (Lipinski definition) is 3. The van der Waals surface area contributed by atoms with Gasteiger partial charge in [0.15, 0.2) is 11.5 Å². The zero-order chi connectivity index (χ0) is 30.8. The van der Waals surface area contributed by atoms with Crippen LogP contribution >= 0.6 is 15.9 Å². The minimum atomic E-state index is -1.15. The van der Waals surface area contributed by atoms with Crippen LogP contribution in [0.3, 0.4) is 0 Å². The molecule has 0 spiro atoms. The van der Waals surface area contributed by atoms with E-state index in [1.54, 1.807) is 50.6 Å². The van der Waals surface area contributed by atoms with Gasteiger partial charge in [0.25, 0.3) is 0 Å². The van der Waals surface area contributed by atoms with Gasteiger partial charge in [-0.2, -0.15) is 5.26 Å². The highest BCUT2D eigenvalue weighted by Crippen LogP contribution is 2.37. The van der Waals surface area contributed by atoms with Crippen LogP contribution in [0, 0.1) is 11.3 Å². The molecule has 0 aliphatic heterocycles. The van der Waals surface area contributed by atoms with E-state index in [0.717, 1.165) is 26.7 Å². The van der Waals surface area contributed by atoms with Gasteiger partial charge in [0.2, 0.25) is 0 Å². The summed E-state index contributed by atoms with van der Waals surface area (Å²) in [5.74, 6) is 1.14. The Morgan fingerprint density at radius 3 is 2.42 bits per heavy atom. The predicted octanol–water partition coefficient (Wildman–Crippen LogP) is 5.70. The lowest BCUT2D eigenvalue weighted by Gasteiger charge is -2.17. The third kappa shape index (κ3) is 8.05. The average Bonchev–Trinajstić information content (AvgIpc) is 3.03. The number of ether oxygens (including phenoxy) is 4. The molecule has 0 radical (unpaired) electrons. The number of aliphatic hydroxyl groups excluding tert-OH is 1. The smallest absolute Gasteiger partial charge is 0.323 e. The molecule has 0 saturated carbocycles. The van der Waals surface area contributed by atoms with Crippen LogP contribution in [0.5, 0.6) is 23.0 Å². The second-order valence-electron chi connectivity index (χ2n) is 9.46. The Balaban J connectivity index is 1.55. The minimum Gasteiger partial charge on any atom is -0.493 e. The Labute approximate surface area is 258 Å². The summed E-state index contributed by atoms with van der Waals surface area (Å²) in [6.45, 7) is 0.0387. The van der Waals surface area contributed by atoms with Gasteiger partial charge in [-0.25, -0.2) is 0 Å². The Morgan fingerprint density at radius 2 is 1.70 bits per heavy atom. The fourth-order valence-corrected chi connectivity index (χ4v) is 4.95. The monoisotopic (exact) mass is 646 g/mol. The molecule has 9 nitrogen and oxygen atoms in total. The van der Waals surface area contributed by atoms with Crippen LogP contribution in [-0.4, -0.2) is 43.1 Å². The van der Waals surface area contributed by atoms with Gasteiger partial charge >= 0.3 is 5.97 Å². The minimum absolute atomic E-state index is 0.143. The number of aliphatic hydroxyl groups is 1. The molecule has 1 unspecified atom stereocenters. The summed E-state index contributed by atoms with van der Waals surface area (Å²) < 4.78 is 24.0. The Morgan fingerprint density at radius 1 is 0.907 bits per heavy atom. The molecule has 0 bridgehead atoms. The molecule has 10 heteroatoms. The van der Waals surface area contributed by atoms with Crippen molar-refractivity contribution in [3.63, 3.8) is 0 Å². The summed E-state index contributed by atoms with van der Waals surface area (Å²) in [4.78, 5) is 11.4. The molecule has 0 aromatic heterocycles. The van der Waals surface area contributed by atoms with Crippen molar-refractivity contribution in [1.29, 1.82) is 5.26 Å². The normalized spacial score (nSPS) is 11.3. The second kappa shape index (κ2) is 15.1. The highest BCUT2D eigenvalue weighted by atomic mass is 79.9. The summed E-state index contributed by atoms with van der Waals surface area (Å²) in [6.07, 6.45) is 0. The van der Waals surface area contributed by atoms with E-state index >= 15 is 0 Å². The van der Waals surface area contributed by atoms with Crippen molar-refractivity contribution < 1.29 is 34.0 Å². The summed E-state index contributed by atoms with van der Waals surface area (Å²) in [5, 5.41) is 30.7. The first kappa shape index (κ1) is 31.4. The van der Waals surface area contributed by atoms with Gasteiger partial charge in [-0.3, -0.25) is 10.1 Å². The molecule has 4 rings (SSSR count). The third-order valence-corrected chi connectivity index (χ3v) is 7.61. The number of rotatable bonds is 14. The largest absolute Gasteiger partial charge is 0.493 e. The van der Waals surface area contributed by atoms with Crippen molar-refractivity contribution in [3.8, 4) is 40.2 Å². The number of aliphatic carboxylic acids is 1. The molecule has 0 fully saturated rings. The standard InChI is InChI=1S/C33H31BrN2O7/c1-40-29-12-10-23(14-31(29)41-2)27-8-4-7-25(32(27)34)20-42-26-11-9-24(17-36-28(18-37)33(38)39)30(15-26)43-19-22-6-3-5-21(13-22)16-35/h3-15,28,36-37H,17-20H2,1-2H3,(H,38,39). The van der Waals surface area contributed by atoms with Gasteiger partial charge in [-0.1, -0.05) is 42.5 Å². The summed E-state index contributed by atoms with van der Waals surface area (Å²) in [6, 6.07) is 25.1. The van der Waals surface area contributed by atoms with Gasteiger partial charge in [0.05, 0.1) is 32.5 Å². The van der Waals surface area contributed by atoms with Gasteiger partial charge in [-0.15, -0.1) is 0 Å². The lowest BCUT2D eigenvalue weighted by Crippen LogP contribution is -2.39. The average molecular weight is 648 g/mol. The number of halogens is 1. The fourth-order valence-electron chi connectivity index (χ4n) is 4.34. The van der Waals surface area contributed by atoms with E-state index in [9.17, 15) is 20.3 Å². The molecule has 4 aromatic rings. The maximum Gasteiger partial charge on any atom is 0.323 e. The van der Waals surface area contributed by atoms with E-state index in [1.165, 1.54) is 0 Å². The molecule has 1 atom stereocenters. The summed E-state index contributed by atoms with van der Waals surface area (Å²) >= 11 is 3.74. The quantitative estimate of drug-likeness (QED) is 0.158. The summed E-state index contributed by atoms with van der Waals surface area (Å²) in [5.41, 5.74) is 4.83. The van der Waals surface area contributed by atoms with Crippen molar-refractivity contribution in [2.24, 2.45) is 0 Å². The number of carboxylic acids is 1. The van der Waals surface area contributed by atoms with E-state index in [-0.39, 0.29) is 19.8 Å². The van der Waals surface area contributed by atoms with Crippen molar-refractivity contribution in [1.82, 2.24) is 5.32 Å². The van der Waals surface area contributed by atoms with Crippen LogP contribution < -0.4 is 24.3 Å². The topological polar surface area (TPSA) is 130 Å². The van der Waals surface area contributed by atoms with Crippen molar-refractivity contribution in [3.05, 3.63) is 106 Å². The number of nitrogens with one attached hydrogen (secondary N) is 1. The van der Waals surface area contributed by atoms with Crippen LogP contribution in [0.2, 0.25) is 0 Å². The van der Waals surface area contributed by atoms with Gasteiger partial charge < -0.3 is 29.2 Å². The molecule has 222 valence electrons. The number of hydrogen-bond acceptors (Lipinski definition) is 8. The molecule has 0 amide bonds. The number of nitriles is 1. The first-order valence-corrected chi connectivity index (χ1v) is 14.1. The number of benzene rings is 4. The van der Waals surface area contributed by atoms with E-state index in [0.29, 0.717) is 34.1 Å². The van der Waals surface area contributed by atoms with Crippen molar-refractivity contribution in [2.45, 2.75) is 25.8 Å². The molecule has 4 aromatic carbocycles. The highest BCUT2D eigenvalue weighted by Gasteiger charge is 2.17. The van der Waals surface area contributed by atoms with Crippen LogP contribution in [0.1, 0.15) is 22.3 Å². The molecule has 43 heavy (non-hydrogen) atoms. The fraction of sp³-hybridized carbons (Fsp3) is 0.212. The second-order valence-corrected chi connectivity index (χ2v) is 10.3. The van der Waals surface area contributed by atoms with Crippen LogP contribution in [0.25, 0.3) is 11.1 Å². The molecule has 0 heterocycles.